The molecule has 0 unspecified atom stereocenters. The van der Waals surface area contributed by atoms with Gasteiger partial charge in [-0.15, -0.1) is 0 Å². The van der Waals surface area contributed by atoms with Crippen LogP contribution in [0.25, 0.3) is 6.08 Å². The number of methoxy groups -OCH3 is 2. The first-order chi connectivity index (χ1) is 14.9. The number of carbonyl (C=O) groups is 2. The van der Waals surface area contributed by atoms with E-state index in [9.17, 15) is 9.59 Å². The van der Waals surface area contributed by atoms with Crippen LogP contribution >= 0.6 is 11.6 Å². The van der Waals surface area contributed by atoms with Crippen LogP contribution in [-0.4, -0.2) is 30.5 Å². The molecule has 160 valence electrons. The van der Waals surface area contributed by atoms with Crippen molar-refractivity contribution in [2.45, 2.75) is 19.9 Å². The number of rotatable bonds is 8. The number of aryl methyl sites for hydroxylation is 2. The summed E-state index contributed by atoms with van der Waals surface area (Å²) in [5.41, 5.74) is 3.41. The zero-order valence-corrected chi connectivity index (χ0v) is 18.5. The molecule has 0 saturated heterocycles. The molecule has 0 bridgehead atoms. The fraction of sp³-hybridized carbons (Fsp3) is 0.200. The fourth-order valence-corrected chi connectivity index (χ4v) is 3.48. The van der Waals surface area contributed by atoms with E-state index in [1.165, 1.54) is 7.11 Å². The summed E-state index contributed by atoms with van der Waals surface area (Å²) < 4.78 is 11.9. The Balaban J connectivity index is 1.73. The second kappa shape index (κ2) is 10.1. The maximum Gasteiger partial charge on any atom is 0.338 e. The van der Waals surface area contributed by atoms with E-state index in [1.807, 2.05) is 35.9 Å². The van der Waals surface area contributed by atoms with Gasteiger partial charge in [0.25, 0.3) is 0 Å². The maximum absolute atomic E-state index is 13.0. The van der Waals surface area contributed by atoms with E-state index in [1.54, 1.807) is 49.6 Å². The third-order valence-corrected chi connectivity index (χ3v) is 5.11. The second-order valence-corrected chi connectivity index (χ2v) is 7.50. The van der Waals surface area contributed by atoms with Crippen LogP contribution < -0.4 is 4.74 Å². The van der Waals surface area contributed by atoms with Crippen molar-refractivity contribution in [1.82, 2.24) is 4.57 Å². The van der Waals surface area contributed by atoms with Gasteiger partial charge in [-0.25, -0.2) is 4.79 Å². The Bertz CT molecular complexity index is 1110. The van der Waals surface area contributed by atoms with Crippen molar-refractivity contribution < 1.29 is 19.1 Å². The van der Waals surface area contributed by atoms with Crippen LogP contribution in [0.1, 0.15) is 44.0 Å². The number of ketones is 1. The summed E-state index contributed by atoms with van der Waals surface area (Å²) in [6, 6.07) is 14.1. The van der Waals surface area contributed by atoms with E-state index < -0.39 is 5.97 Å². The van der Waals surface area contributed by atoms with Gasteiger partial charge < -0.3 is 14.0 Å². The molecule has 1 aromatic heterocycles. The van der Waals surface area contributed by atoms with E-state index in [4.69, 9.17) is 21.1 Å². The number of benzene rings is 2. The summed E-state index contributed by atoms with van der Waals surface area (Å²) in [6.07, 6.45) is 6.48. The first kappa shape index (κ1) is 22.4. The predicted molar refractivity (Wildman–Crippen MR) is 122 cm³/mol. The summed E-state index contributed by atoms with van der Waals surface area (Å²) in [5.74, 6) is 0.239. The zero-order chi connectivity index (χ0) is 22.4. The Morgan fingerprint density at radius 2 is 1.81 bits per heavy atom. The number of aromatic nitrogens is 1. The topological polar surface area (TPSA) is 57.5 Å². The van der Waals surface area contributed by atoms with Gasteiger partial charge in [-0.05, 0) is 66.9 Å². The molecule has 3 aromatic rings. The van der Waals surface area contributed by atoms with E-state index in [0.717, 1.165) is 11.1 Å². The highest BCUT2D eigenvalue weighted by Gasteiger charge is 2.15. The molecular weight excluding hydrogens is 414 g/mol. The van der Waals surface area contributed by atoms with Gasteiger partial charge in [-0.1, -0.05) is 29.8 Å². The average Bonchev–Trinajstić information content (AvgIpc) is 3.16. The number of nitrogens with zero attached hydrogens (tertiary/aromatic N) is 1. The summed E-state index contributed by atoms with van der Waals surface area (Å²) in [7, 11) is 2.93. The second-order valence-electron chi connectivity index (χ2n) is 7.07. The third kappa shape index (κ3) is 5.44. The molecule has 0 fully saturated rings. The van der Waals surface area contributed by atoms with Crippen LogP contribution in [-0.2, 0) is 11.3 Å². The molecule has 0 spiro atoms. The maximum atomic E-state index is 13.0. The Kier molecular flexibility index (Phi) is 7.32. The molecule has 0 aliphatic heterocycles. The lowest BCUT2D eigenvalue weighted by molar-refractivity contribution is 0.0600. The van der Waals surface area contributed by atoms with Crippen LogP contribution in [0.2, 0.25) is 5.02 Å². The van der Waals surface area contributed by atoms with Crippen molar-refractivity contribution in [2.24, 2.45) is 0 Å². The Hall–Kier alpha value is -3.31. The molecule has 1 heterocycles. The number of carbonyl (C=O) groups excluding carboxylic acids is 2. The highest BCUT2D eigenvalue weighted by Crippen LogP contribution is 2.20. The number of allylic oxidation sites excluding steroid dienone is 1. The van der Waals surface area contributed by atoms with Crippen molar-refractivity contribution >= 4 is 29.4 Å². The monoisotopic (exact) mass is 437 g/mol. The molecule has 31 heavy (non-hydrogen) atoms. The minimum atomic E-state index is -0.435. The lowest BCUT2D eigenvalue weighted by Gasteiger charge is -2.08. The number of hydrogen-bond donors (Lipinski definition) is 0. The lowest BCUT2D eigenvalue weighted by Crippen LogP contribution is -2.09. The van der Waals surface area contributed by atoms with Crippen molar-refractivity contribution in [3.63, 3.8) is 0 Å². The molecule has 5 nitrogen and oxygen atoms in total. The van der Waals surface area contributed by atoms with E-state index in [0.29, 0.717) is 40.6 Å². The molecule has 0 saturated carbocycles. The van der Waals surface area contributed by atoms with Gasteiger partial charge in [-0.3, -0.25) is 4.79 Å². The van der Waals surface area contributed by atoms with Gasteiger partial charge in [0.15, 0.2) is 0 Å². The van der Waals surface area contributed by atoms with Gasteiger partial charge in [0.2, 0.25) is 5.78 Å². The lowest BCUT2D eigenvalue weighted by atomic mass is 10.1. The van der Waals surface area contributed by atoms with Gasteiger partial charge in [-0.2, -0.15) is 0 Å². The fourth-order valence-electron chi connectivity index (χ4n) is 3.31. The molecule has 0 N–H and O–H groups in total. The number of hydrogen-bond acceptors (Lipinski definition) is 4. The van der Waals surface area contributed by atoms with Crippen molar-refractivity contribution in [3.8, 4) is 5.75 Å². The Morgan fingerprint density at radius 3 is 2.48 bits per heavy atom. The van der Waals surface area contributed by atoms with Crippen LogP contribution in [0.15, 0.2) is 60.8 Å². The van der Waals surface area contributed by atoms with Crippen molar-refractivity contribution in [2.75, 3.05) is 14.2 Å². The standard InChI is InChI=1S/C25H24ClNO4/c1-17-14-23(24(28)19-8-11-21(30-2)12-9-19)27(16-17)13-5-4-6-18-7-10-20(26)15-22(18)25(29)31-3/h4,6-12,14-16H,5,13H2,1-3H3/b6-4+. The van der Waals surface area contributed by atoms with Gasteiger partial charge >= 0.3 is 5.97 Å². The predicted octanol–water partition coefficient (Wildman–Crippen LogP) is 5.58. The molecule has 6 heteroatoms. The number of halogens is 1. The van der Waals surface area contributed by atoms with Gasteiger partial charge in [0.1, 0.15) is 5.75 Å². The van der Waals surface area contributed by atoms with Crippen molar-refractivity contribution in [1.29, 1.82) is 0 Å². The van der Waals surface area contributed by atoms with E-state index >= 15 is 0 Å². The molecule has 0 aliphatic rings. The summed E-state index contributed by atoms with van der Waals surface area (Å²) in [6.45, 7) is 2.59. The number of esters is 1. The summed E-state index contributed by atoms with van der Waals surface area (Å²) >= 11 is 6.00. The van der Waals surface area contributed by atoms with E-state index in [2.05, 4.69) is 0 Å². The SMILES string of the molecule is COC(=O)c1cc(Cl)ccc1/C=C/CCn1cc(C)cc1C(=O)c1ccc(OC)cc1. The zero-order valence-electron chi connectivity index (χ0n) is 17.7. The van der Waals surface area contributed by atoms with Crippen LogP contribution in [0.4, 0.5) is 0 Å². The molecule has 0 radical (unpaired) electrons. The Morgan fingerprint density at radius 1 is 1.06 bits per heavy atom. The minimum absolute atomic E-state index is 0.0367. The summed E-state index contributed by atoms with van der Waals surface area (Å²) in [5, 5.41) is 0.474. The van der Waals surface area contributed by atoms with Gasteiger partial charge in [0, 0.05) is 23.3 Å². The van der Waals surface area contributed by atoms with E-state index in [-0.39, 0.29) is 5.78 Å². The van der Waals surface area contributed by atoms with Crippen LogP contribution in [0.3, 0.4) is 0 Å². The van der Waals surface area contributed by atoms with Crippen LogP contribution in [0, 0.1) is 6.92 Å². The summed E-state index contributed by atoms with van der Waals surface area (Å²) in [4.78, 5) is 24.9. The normalized spacial score (nSPS) is 11.0. The quantitative estimate of drug-likeness (QED) is 0.341. The first-order valence-corrected chi connectivity index (χ1v) is 10.2. The highest BCUT2D eigenvalue weighted by molar-refractivity contribution is 6.31. The highest BCUT2D eigenvalue weighted by atomic mass is 35.5. The number of ether oxygens (including phenoxy) is 2. The average molecular weight is 438 g/mol. The van der Waals surface area contributed by atoms with Gasteiger partial charge in [0.05, 0.1) is 25.5 Å². The molecule has 2 aromatic carbocycles. The molecule has 0 amide bonds. The smallest absolute Gasteiger partial charge is 0.338 e. The third-order valence-electron chi connectivity index (χ3n) is 4.87. The van der Waals surface area contributed by atoms with Crippen molar-refractivity contribution in [3.05, 3.63) is 93.8 Å². The molecule has 0 aliphatic carbocycles. The largest absolute Gasteiger partial charge is 0.497 e. The Labute approximate surface area is 186 Å². The molecule has 0 atom stereocenters. The first-order valence-electron chi connectivity index (χ1n) is 9.83. The molecule has 3 rings (SSSR count). The molecular formula is C25H24ClNO4. The van der Waals surface area contributed by atoms with Crippen LogP contribution in [0.5, 0.6) is 5.75 Å². The minimum Gasteiger partial charge on any atom is -0.497 e.